The van der Waals surface area contributed by atoms with Crippen LogP contribution in [0.4, 0.5) is 0 Å². The van der Waals surface area contributed by atoms with Gasteiger partial charge in [-0.15, -0.1) is 0 Å². The molecule has 0 radical (unpaired) electrons. The van der Waals surface area contributed by atoms with Crippen LogP contribution in [-0.4, -0.2) is 26.4 Å². The van der Waals surface area contributed by atoms with Crippen LogP contribution < -0.4 is 18.9 Å². The Balaban J connectivity index is 1.42. The lowest BCUT2D eigenvalue weighted by Gasteiger charge is -2.23. The molecule has 0 aromatic heterocycles. The van der Waals surface area contributed by atoms with Gasteiger partial charge in [0.15, 0.2) is 0 Å². The van der Waals surface area contributed by atoms with Crippen molar-refractivity contribution in [2.75, 3.05) is 26.4 Å². The molecule has 0 heterocycles. The number of hydrogen-bond acceptors (Lipinski definition) is 4. The molecule has 0 amide bonds. The second kappa shape index (κ2) is 44.6. The van der Waals surface area contributed by atoms with E-state index in [0.717, 1.165) is 101 Å². The van der Waals surface area contributed by atoms with Crippen molar-refractivity contribution in [3.8, 4) is 23.0 Å². The molecule has 0 spiro atoms. The second-order valence-corrected chi connectivity index (χ2v) is 24.5. The summed E-state index contributed by atoms with van der Waals surface area (Å²) in [6, 6.07) is 27.6. The molecule has 0 atom stereocenters. The van der Waals surface area contributed by atoms with Crippen molar-refractivity contribution in [3.05, 3.63) is 117 Å². The molecule has 0 saturated carbocycles. The molecule has 1 aliphatic carbocycles. The molecule has 80 heavy (non-hydrogen) atoms. The lowest BCUT2D eigenvalue weighted by atomic mass is 9.91. The maximum atomic E-state index is 7.10. The van der Waals surface area contributed by atoms with Crippen LogP contribution in [-0.2, 0) is 25.7 Å². The fraction of sp³-hybridized carbons (Fsp3) is 0.684. The molecule has 0 N–H and O–H groups in total. The van der Waals surface area contributed by atoms with Crippen molar-refractivity contribution in [2.45, 2.75) is 310 Å². The predicted molar refractivity (Wildman–Crippen MR) is 346 cm³/mol. The first-order valence-electron chi connectivity index (χ1n) is 34.6. The van der Waals surface area contributed by atoms with Crippen LogP contribution in [0.1, 0.15) is 329 Å². The maximum Gasteiger partial charge on any atom is 0.126 e. The second-order valence-electron chi connectivity index (χ2n) is 24.5. The summed E-state index contributed by atoms with van der Waals surface area (Å²) in [6.07, 6.45) is 55.6. The number of rotatable bonds is 48. The predicted octanol–water partition coefficient (Wildman–Crippen LogP) is 23.6. The van der Waals surface area contributed by atoms with Crippen LogP contribution in [0, 0.1) is 0 Å². The van der Waals surface area contributed by atoms with Crippen molar-refractivity contribution in [1.82, 2.24) is 0 Å². The molecule has 0 unspecified atom stereocenters. The quantitative estimate of drug-likeness (QED) is 0.0364. The summed E-state index contributed by atoms with van der Waals surface area (Å²) >= 11 is 0. The van der Waals surface area contributed by atoms with Gasteiger partial charge in [0.25, 0.3) is 0 Å². The average molecular weight is 1100 g/mol. The number of para-hydroxylation sites is 4. The summed E-state index contributed by atoms with van der Waals surface area (Å²) in [5.74, 6) is 4.22. The first-order valence-corrected chi connectivity index (χ1v) is 34.6. The normalized spacial score (nSPS) is 12.2. The summed E-state index contributed by atoms with van der Waals surface area (Å²) in [5, 5.41) is 0. The number of unbranched alkanes of at least 4 members (excludes halogenated alkanes) is 36. The molecule has 0 fully saturated rings. The number of benzene rings is 4. The average Bonchev–Trinajstić information content (AvgIpc) is 3.51. The van der Waals surface area contributed by atoms with Gasteiger partial charge in [0.2, 0.25) is 0 Å². The van der Waals surface area contributed by atoms with Crippen LogP contribution in [0.25, 0.3) is 0 Å². The van der Waals surface area contributed by atoms with Crippen LogP contribution in [0.2, 0.25) is 0 Å². The van der Waals surface area contributed by atoms with Gasteiger partial charge in [-0.3, -0.25) is 0 Å². The summed E-state index contributed by atoms with van der Waals surface area (Å²) in [7, 11) is 0. The molecular formula is C76H120O4. The van der Waals surface area contributed by atoms with E-state index < -0.39 is 0 Å². The third-order valence-electron chi connectivity index (χ3n) is 17.2. The molecule has 4 aromatic carbocycles. The number of ether oxygens (including phenoxy) is 4. The molecule has 1 aliphatic rings. The van der Waals surface area contributed by atoms with E-state index in [1.165, 1.54) is 276 Å². The van der Waals surface area contributed by atoms with Gasteiger partial charge in [-0.1, -0.05) is 332 Å². The molecule has 4 aromatic rings. The van der Waals surface area contributed by atoms with Gasteiger partial charge in [-0.2, -0.15) is 0 Å². The smallest absolute Gasteiger partial charge is 0.126 e. The van der Waals surface area contributed by atoms with E-state index in [4.69, 9.17) is 18.9 Å². The summed E-state index contributed by atoms with van der Waals surface area (Å²) in [6.45, 7) is 12.2. The van der Waals surface area contributed by atoms with Gasteiger partial charge in [-0.05, 0) is 70.2 Å². The highest BCUT2D eigenvalue weighted by Crippen LogP contribution is 2.39. The SMILES string of the molecule is CCCCCCCCCCCCOc1c2cccc1Cc1cccc(c1OCCCCCCCCCCCC)Cc1cccc(c1OCCCCCCCCCCCC)Cc1cccc(c1OCCCCCCCCCCCC)C2. The van der Waals surface area contributed by atoms with E-state index in [0.29, 0.717) is 0 Å². The standard InChI is InChI=1S/C76H120O4/c1-5-9-13-17-21-25-29-33-37-41-57-77-73-65-49-45-50-66(73)62-68-52-47-54-70(75(68)79-59-43-39-35-31-27-23-19-15-11-7-3)64-72-56-48-55-71(76(72)80-60-44-40-36-32-28-24-20-16-12-8-4)63-69-53-46-51-67(61-65)74(69)78-58-42-38-34-30-26-22-18-14-10-6-2/h45-56H,5-44,57-64H2,1-4H3. The largest absolute Gasteiger partial charge is 0.493 e. The van der Waals surface area contributed by atoms with Crippen molar-refractivity contribution in [2.24, 2.45) is 0 Å². The summed E-state index contributed by atoms with van der Waals surface area (Å²) in [5.41, 5.74) is 9.96. The minimum Gasteiger partial charge on any atom is -0.493 e. The lowest BCUT2D eigenvalue weighted by molar-refractivity contribution is 0.292. The van der Waals surface area contributed by atoms with Crippen molar-refractivity contribution < 1.29 is 18.9 Å². The zero-order valence-corrected chi connectivity index (χ0v) is 52.5. The van der Waals surface area contributed by atoms with Crippen molar-refractivity contribution in [3.63, 3.8) is 0 Å². The highest BCUT2D eigenvalue weighted by atomic mass is 16.5. The molecule has 4 nitrogen and oxygen atoms in total. The van der Waals surface area contributed by atoms with Gasteiger partial charge >= 0.3 is 0 Å². The maximum absolute atomic E-state index is 7.10. The zero-order valence-electron chi connectivity index (χ0n) is 52.5. The summed E-state index contributed by atoms with van der Waals surface area (Å²) in [4.78, 5) is 0. The highest BCUT2D eigenvalue weighted by molar-refractivity contribution is 5.56. The Kier molecular flexibility index (Phi) is 37.3. The van der Waals surface area contributed by atoms with E-state index in [1.807, 2.05) is 0 Å². The first-order chi connectivity index (χ1) is 39.7. The molecular weight excluding hydrogens is 977 g/mol. The first kappa shape index (κ1) is 66.9. The van der Waals surface area contributed by atoms with Crippen molar-refractivity contribution >= 4 is 0 Å². The Hall–Kier alpha value is -3.92. The van der Waals surface area contributed by atoms with Gasteiger partial charge in [0.1, 0.15) is 23.0 Å². The Morgan fingerprint density at radius 2 is 0.338 bits per heavy atom. The molecule has 4 heteroatoms. The highest BCUT2D eigenvalue weighted by Gasteiger charge is 2.22. The number of hydrogen-bond donors (Lipinski definition) is 0. The summed E-state index contributed by atoms with van der Waals surface area (Å²) < 4.78 is 28.4. The van der Waals surface area contributed by atoms with Gasteiger partial charge < -0.3 is 18.9 Å². The monoisotopic (exact) mass is 1100 g/mol. The third kappa shape index (κ3) is 27.4. The topological polar surface area (TPSA) is 36.9 Å². The van der Waals surface area contributed by atoms with E-state index >= 15 is 0 Å². The van der Waals surface area contributed by atoms with Crippen LogP contribution in [0.5, 0.6) is 23.0 Å². The Labute approximate surface area is 493 Å². The molecule has 0 aliphatic heterocycles. The lowest BCUT2D eigenvalue weighted by Crippen LogP contribution is -2.10. The number of fused-ring (bicyclic) bond motifs is 8. The third-order valence-corrected chi connectivity index (χ3v) is 17.2. The van der Waals surface area contributed by atoms with E-state index in [-0.39, 0.29) is 0 Å². The zero-order chi connectivity index (χ0) is 56.2. The molecule has 5 rings (SSSR count). The Morgan fingerprint density at radius 3 is 0.487 bits per heavy atom. The van der Waals surface area contributed by atoms with Gasteiger partial charge in [0.05, 0.1) is 26.4 Å². The minimum absolute atomic E-state index is 0.737. The van der Waals surface area contributed by atoms with Crippen LogP contribution >= 0.6 is 0 Å². The molecule has 448 valence electrons. The van der Waals surface area contributed by atoms with E-state index in [9.17, 15) is 0 Å². The van der Waals surface area contributed by atoms with Gasteiger partial charge in [-0.25, -0.2) is 0 Å². The fourth-order valence-corrected chi connectivity index (χ4v) is 12.3. The fourth-order valence-electron chi connectivity index (χ4n) is 12.3. The minimum atomic E-state index is 0.737. The Morgan fingerprint density at radius 1 is 0.200 bits per heavy atom. The van der Waals surface area contributed by atoms with Crippen LogP contribution in [0.15, 0.2) is 72.8 Å². The van der Waals surface area contributed by atoms with Crippen molar-refractivity contribution in [1.29, 1.82) is 0 Å². The molecule has 0 saturated heterocycles. The van der Waals surface area contributed by atoms with Crippen LogP contribution in [0.3, 0.4) is 0 Å². The van der Waals surface area contributed by atoms with E-state index in [1.54, 1.807) is 0 Å². The van der Waals surface area contributed by atoms with E-state index in [2.05, 4.69) is 100 Å². The Bertz CT molecular complexity index is 1750. The molecule has 8 bridgehead atoms. The van der Waals surface area contributed by atoms with Gasteiger partial charge in [0, 0.05) is 25.7 Å².